The van der Waals surface area contributed by atoms with E-state index in [-0.39, 0.29) is 11.0 Å². The highest BCUT2D eigenvalue weighted by Gasteiger charge is 2.52. The third kappa shape index (κ3) is 1.80. The molecule has 1 nitrogen and oxygen atoms in total. The number of ether oxygens (including phenoxy) is 1. The lowest BCUT2D eigenvalue weighted by molar-refractivity contribution is -0.137. The zero-order valence-corrected chi connectivity index (χ0v) is 13.2. The fraction of sp³-hybridized carbons (Fsp3) is 0.625. The van der Waals surface area contributed by atoms with Crippen molar-refractivity contribution < 1.29 is 4.74 Å². The second-order valence-electron chi connectivity index (χ2n) is 6.66. The minimum absolute atomic E-state index is 0.211. The van der Waals surface area contributed by atoms with Crippen LogP contribution in [-0.2, 0) is 15.8 Å². The van der Waals surface area contributed by atoms with Crippen molar-refractivity contribution in [2.75, 3.05) is 0 Å². The van der Waals surface area contributed by atoms with E-state index in [2.05, 4.69) is 53.7 Å². The highest BCUT2D eigenvalue weighted by atomic mass is 35.5. The SMILES string of the molecule is Cc1cc(C)c2c(c1)C(C)(C)OC(C)(Cl)C2(C)C. The first-order valence-electron chi connectivity index (χ1n) is 6.50. The van der Waals surface area contributed by atoms with Gasteiger partial charge in [-0.3, -0.25) is 0 Å². The summed E-state index contributed by atoms with van der Waals surface area (Å²) >= 11 is 6.67. The molecule has 0 saturated heterocycles. The van der Waals surface area contributed by atoms with Crippen molar-refractivity contribution >= 4 is 11.6 Å². The molecule has 0 aromatic heterocycles. The lowest BCUT2D eigenvalue weighted by Crippen LogP contribution is -2.53. The average Bonchev–Trinajstić information content (AvgIpc) is 2.11. The summed E-state index contributed by atoms with van der Waals surface area (Å²) in [6.45, 7) is 14.8. The largest absolute Gasteiger partial charge is 0.349 e. The lowest BCUT2D eigenvalue weighted by Gasteiger charge is -2.52. The first-order chi connectivity index (χ1) is 7.99. The van der Waals surface area contributed by atoms with Crippen LogP contribution in [0.25, 0.3) is 0 Å². The van der Waals surface area contributed by atoms with Crippen molar-refractivity contribution in [3.63, 3.8) is 0 Å². The van der Waals surface area contributed by atoms with Crippen molar-refractivity contribution in [2.45, 2.75) is 64.5 Å². The van der Waals surface area contributed by atoms with E-state index in [1.165, 1.54) is 22.3 Å². The van der Waals surface area contributed by atoms with Gasteiger partial charge in [-0.25, -0.2) is 0 Å². The van der Waals surface area contributed by atoms with E-state index in [1.54, 1.807) is 0 Å². The van der Waals surface area contributed by atoms with Crippen LogP contribution in [0.1, 0.15) is 56.9 Å². The van der Waals surface area contributed by atoms with E-state index in [4.69, 9.17) is 16.3 Å². The fourth-order valence-corrected chi connectivity index (χ4v) is 3.44. The van der Waals surface area contributed by atoms with Gasteiger partial charge >= 0.3 is 0 Å². The molecule has 18 heavy (non-hydrogen) atoms. The molecule has 0 amide bonds. The van der Waals surface area contributed by atoms with Gasteiger partial charge in [0.05, 0.1) is 5.60 Å². The second kappa shape index (κ2) is 3.74. The van der Waals surface area contributed by atoms with E-state index in [1.807, 2.05) is 6.92 Å². The predicted molar refractivity (Wildman–Crippen MR) is 77.3 cm³/mol. The maximum Gasteiger partial charge on any atom is 0.149 e. The summed E-state index contributed by atoms with van der Waals surface area (Å²) in [5.74, 6) is 0. The molecule has 2 heteroatoms. The Labute approximate surface area is 115 Å². The minimum atomic E-state index is -0.691. The summed E-state index contributed by atoms with van der Waals surface area (Å²) in [6, 6.07) is 4.46. The molecule has 2 rings (SSSR count). The van der Waals surface area contributed by atoms with Crippen LogP contribution in [0.4, 0.5) is 0 Å². The van der Waals surface area contributed by atoms with Crippen LogP contribution in [-0.4, -0.2) is 5.06 Å². The zero-order chi connectivity index (χ0) is 13.9. The van der Waals surface area contributed by atoms with Gasteiger partial charge in [0.25, 0.3) is 0 Å². The van der Waals surface area contributed by atoms with Gasteiger partial charge in [-0.2, -0.15) is 0 Å². The Morgan fingerprint density at radius 3 is 2.11 bits per heavy atom. The molecule has 0 radical (unpaired) electrons. The van der Waals surface area contributed by atoms with E-state index in [0.29, 0.717) is 0 Å². The van der Waals surface area contributed by atoms with Crippen LogP contribution >= 0.6 is 11.6 Å². The number of halogens is 1. The third-order valence-corrected chi connectivity index (χ3v) is 4.87. The molecule has 0 saturated carbocycles. The van der Waals surface area contributed by atoms with Gasteiger partial charge in [0.2, 0.25) is 0 Å². The number of fused-ring (bicyclic) bond motifs is 1. The van der Waals surface area contributed by atoms with Gasteiger partial charge in [0, 0.05) is 5.41 Å². The number of hydrogen-bond donors (Lipinski definition) is 0. The Morgan fingerprint density at radius 1 is 1.00 bits per heavy atom. The molecule has 0 fully saturated rings. The van der Waals surface area contributed by atoms with Gasteiger partial charge in [0.1, 0.15) is 5.06 Å². The Balaban J connectivity index is 2.83. The molecular weight excluding hydrogens is 244 g/mol. The monoisotopic (exact) mass is 266 g/mol. The predicted octanol–water partition coefficient (Wildman–Crippen LogP) is 4.80. The standard InChI is InChI=1S/C16H23ClO/c1-10-8-11(2)13-12(9-10)15(5,6)18-16(7,17)14(13,3)4/h8-9H,1-7H3. The molecule has 1 aliphatic heterocycles. The molecule has 0 spiro atoms. The van der Waals surface area contributed by atoms with Gasteiger partial charge in [-0.1, -0.05) is 43.1 Å². The van der Waals surface area contributed by atoms with E-state index in [0.717, 1.165) is 0 Å². The van der Waals surface area contributed by atoms with Gasteiger partial charge in [0.15, 0.2) is 0 Å². The van der Waals surface area contributed by atoms with Crippen molar-refractivity contribution in [3.05, 3.63) is 34.4 Å². The van der Waals surface area contributed by atoms with Crippen LogP contribution < -0.4 is 0 Å². The summed E-state index contributed by atoms with van der Waals surface area (Å²) in [5, 5.41) is -0.691. The van der Waals surface area contributed by atoms with Crippen molar-refractivity contribution in [3.8, 4) is 0 Å². The molecular formula is C16H23ClO. The normalized spacial score (nSPS) is 28.9. The Bertz CT molecular complexity index is 498. The maximum absolute atomic E-state index is 6.67. The summed E-state index contributed by atoms with van der Waals surface area (Å²) < 4.78 is 6.18. The Morgan fingerprint density at radius 2 is 1.56 bits per heavy atom. The van der Waals surface area contributed by atoms with Crippen LogP contribution in [0.15, 0.2) is 12.1 Å². The van der Waals surface area contributed by atoms with Crippen LogP contribution in [0, 0.1) is 13.8 Å². The lowest BCUT2D eigenvalue weighted by atomic mass is 9.69. The van der Waals surface area contributed by atoms with Crippen LogP contribution in [0.2, 0.25) is 0 Å². The molecule has 1 aromatic carbocycles. The summed E-state index contributed by atoms with van der Waals surface area (Å²) in [4.78, 5) is 0. The van der Waals surface area contributed by atoms with E-state index < -0.39 is 5.06 Å². The molecule has 0 bridgehead atoms. The number of rotatable bonds is 0. The Kier molecular flexibility index (Phi) is 2.89. The minimum Gasteiger partial charge on any atom is -0.349 e. The van der Waals surface area contributed by atoms with Crippen molar-refractivity contribution in [1.82, 2.24) is 0 Å². The zero-order valence-electron chi connectivity index (χ0n) is 12.4. The van der Waals surface area contributed by atoms with Crippen molar-refractivity contribution in [1.29, 1.82) is 0 Å². The molecule has 1 heterocycles. The molecule has 0 aliphatic carbocycles. The molecule has 1 unspecified atom stereocenters. The molecule has 1 aliphatic rings. The second-order valence-corrected chi connectivity index (χ2v) is 7.38. The van der Waals surface area contributed by atoms with Gasteiger partial charge < -0.3 is 4.74 Å². The molecule has 1 atom stereocenters. The van der Waals surface area contributed by atoms with Crippen LogP contribution in [0.3, 0.4) is 0 Å². The summed E-state index contributed by atoms with van der Waals surface area (Å²) in [6.07, 6.45) is 0. The van der Waals surface area contributed by atoms with Gasteiger partial charge in [-0.15, -0.1) is 0 Å². The maximum atomic E-state index is 6.67. The number of benzene rings is 1. The summed E-state index contributed by atoms with van der Waals surface area (Å²) in [7, 11) is 0. The third-order valence-electron chi connectivity index (χ3n) is 4.32. The molecule has 0 N–H and O–H groups in total. The highest BCUT2D eigenvalue weighted by Crippen LogP contribution is 2.53. The quantitative estimate of drug-likeness (QED) is 0.613. The van der Waals surface area contributed by atoms with E-state index in [9.17, 15) is 0 Å². The number of hydrogen-bond acceptors (Lipinski definition) is 1. The Hall–Kier alpha value is -0.530. The van der Waals surface area contributed by atoms with E-state index >= 15 is 0 Å². The number of aryl methyl sites for hydroxylation is 2. The van der Waals surface area contributed by atoms with Crippen molar-refractivity contribution in [2.24, 2.45) is 0 Å². The topological polar surface area (TPSA) is 9.23 Å². The first kappa shape index (κ1) is 13.9. The summed E-state index contributed by atoms with van der Waals surface area (Å²) in [5.41, 5.74) is 4.62. The highest BCUT2D eigenvalue weighted by molar-refractivity contribution is 6.23. The molecule has 100 valence electrons. The fourth-order valence-electron chi connectivity index (χ4n) is 3.16. The number of alkyl halides is 1. The smallest absolute Gasteiger partial charge is 0.149 e. The van der Waals surface area contributed by atoms with Crippen LogP contribution in [0.5, 0.6) is 0 Å². The van der Waals surface area contributed by atoms with Gasteiger partial charge in [-0.05, 0) is 51.3 Å². The first-order valence-corrected chi connectivity index (χ1v) is 6.88. The average molecular weight is 267 g/mol. The molecule has 1 aromatic rings.